The lowest BCUT2D eigenvalue weighted by Gasteiger charge is -2.11. The second kappa shape index (κ2) is 8.95. The summed E-state index contributed by atoms with van der Waals surface area (Å²) in [5.74, 6) is 0.754. The number of thioether (sulfide) groups is 1. The van der Waals surface area contributed by atoms with Gasteiger partial charge in [0, 0.05) is 23.5 Å². The van der Waals surface area contributed by atoms with Crippen LogP contribution in [-0.4, -0.2) is 35.3 Å². The Morgan fingerprint density at radius 3 is 2.44 bits per heavy atom. The molecule has 5 rings (SSSR count). The second-order valence-electron chi connectivity index (χ2n) is 8.25. The third-order valence-electron chi connectivity index (χ3n) is 6.18. The molecule has 0 aliphatic carbocycles. The van der Waals surface area contributed by atoms with E-state index in [-0.39, 0.29) is 17.1 Å². The van der Waals surface area contributed by atoms with Gasteiger partial charge in [-0.25, -0.2) is 0 Å². The number of ketones is 1. The maximum atomic E-state index is 13.3. The number of hydrogen-bond donors (Lipinski definition) is 0. The average Bonchev–Trinajstić information content (AvgIpc) is 3.41. The molecule has 3 aromatic heterocycles. The smallest absolute Gasteiger partial charge is 0.263 e. The van der Waals surface area contributed by atoms with Crippen molar-refractivity contribution < 1.29 is 4.79 Å². The molecule has 0 bridgehead atoms. The summed E-state index contributed by atoms with van der Waals surface area (Å²) in [6.45, 7) is 7.29. The Kier molecular flexibility index (Phi) is 5.83. The number of benzene rings is 2. The van der Waals surface area contributed by atoms with Crippen LogP contribution in [0.1, 0.15) is 34.2 Å². The van der Waals surface area contributed by atoms with Crippen molar-refractivity contribution in [3.8, 4) is 0 Å². The topological polar surface area (TPSA) is 74.2 Å². The van der Waals surface area contributed by atoms with E-state index in [4.69, 9.17) is 0 Å². The molecule has 0 unspecified atom stereocenters. The monoisotopic (exact) mass is 471 g/mol. The van der Waals surface area contributed by atoms with Crippen molar-refractivity contribution in [2.75, 3.05) is 5.75 Å². The fourth-order valence-electron chi connectivity index (χ4n) is 4.51. The maximum absolute atomic E-state index is 13.3. The van der Waals surface area contributed by atoms with Crippen molar-refractivity contribution in [2.45, 2.75) is 39.0 Å². The first-order valence-corrected chi connectivity index (χ1v) is 12.2. The zero-order valence-electron chi connectivity index (χ0n) is 19.4. The summed E-state index contributed by atoms with van der Waals surface area (Å²) in [6, 6.07) is 19.2. The number of Topliss-reactive ketones (excluding diaryl/α,β-unsaturated/α-hetero) is 1. The molecule has 5 aromatic rings. The summed E-state index contributed by atoms with van der Waals surface area (Å²) in [7, 11) is 0. The molecule has 0 atom stereocenters. The van der Waals surface area contributed by atoms with Gasteiger partial charge in [-0.3, -0.25) is 18.6 Å². The normalized spacial score (nSPS) is 11.5. The standard InChI is InChI=1S/C26H25N5O2S/c1-4-29-17(2)14-21(18(29)3)23(32)16-34-26-28-27-25-30(15-19-10-6-5-7-11-19)24(33)20-12-8-9-13-22(20)31(25)26/h5-14H,4,15-16H2,1-3H3. The molecule has 0 N–H and O–H groups in total. The predicted molar refractivity (Wildman–Crippen MR) is 135 cm³/mol. The Labute approximate surface area is 201 Å². The SMILES string of the molecule is CCn1c(C)cc(C(=O)CSc2nnc3n(Cc4ccccc4)c(=O)c4ccccc4n23)c1C. The zero-order chi connectivity index (χ0) is 23.8. The summed E-state index contributed by atoms with van der Waals surface area (Å²) in [5.41, 5.74) is 4.43. The molecule has 0 saturated heterocycles. The van der Waals surface area contributed by atoms with Gasteiger partial charge in [-0.05, 0) is 44.5 Å². The number of nitrogens with zero attached hydrogens (tertiary/aromatic N) is 5. The van der Waals surface area contributed by atoms with E-state index in [1.807, 2.05) is 78.9 Å². The van der Waals surface area contributed by atoms with Crippen LogP contribution < -0.4 is 5.56 Å². The number of rotatable bonds is 7. The van der Waals surface area contributed by atoms with Crippen molar-refractivity contribution in [1.82, 2.24) is 23.7 Å². The Morgan fingerprint density at radius 1 is 0.971 bits per heavy atom. The molecular weight excluding hydrogens is 446 g/mol. The number of carbonyl (C=O) groups is 1. The molecule has 0 saturated carbocycles. The van der Waals surface area contributed by atoms with Crippen LogP contribution in [0, 0.1) is 13.8 Å². The van der Waals surface area contributed by atoms with Crippen LogP contribution in [0.4, 0.5) is 0 Å². The van der Waals surface area contributed by atoms with E-state index in [1.54, 1.807) is 4.57 Å². The average molecular weight is 472 g/mol. The van der Waals surface area contributed by atoms with E-state index in [1.165, 1.54) is 11.8 Å². The molecule has 0 aliphatic heterocycles. The van der Waals surface area contributed by atoms with Gasteiger partial charge in [0.15, 0.2) is 10.9 Å². The lowest BCUT2D eigenvalue weighted by molar-refractivity contribution is 0.102. The molecule has 0 radical (unpaired) electrons. The van der Waals surface area contributed by atoms with Crippen molar-refractivity contribution >= 4 is 34.2 Å². The van der Waals surface area contributed by atoms with E-state index < -0.39 is 0 Å². The van der Waals surface area contributed by atoms with Gasteiger partial charge in [0.2, 0.25) is 5.78 Å². The summed E-state index contributed by atoms with van der Waals surface area (Å²) < 4.78 is 5.67. The molecule has 172 valence electrons. The van der Waals surface area contributed by atoms with Crippen molar-refractivity contribution in [2.24, 2.45) is 0 Å². The summed E-state index contributed by atoms with van der Waals surface area (Å²) in [4.78, 5) is 26.4. The van der Waals surface area contributed by atoms with Crippen molar-refractivity contribution in [1.29, 1.82) is 0 Å². The molecule has 8 heteroatoms. The number of fused-ring (bicyclic) bond motifs is 3. The molecule has 0 amide bonds. The van der Waals surface area contributed by atoms with Gasteiger partial charge in [0.1, 0.15) is 0 Å². The van der Waals surface area contributed by atoms with Crippen LogP contribution in [0.3, 0.4) is 0 Å². The quantitative estimate of drug-likeness (QED) is 0.258. The number of para-hydroxylation sites is 1. The molecule has 0 spiro atoms. The fraction of sp³-hybridized carbons (Fsp3) is 0.231. The number of carbonyl (C=O) groups excluding carboxylic acids is 1. The third-order valence-corrected chi connectivity index (χ3v) is 7.11. The minimum atomic E-state index is -0.112. The van der Waals surface area contributed by atoms with Crippen LogP contribution in [0.2, 0.25) is 0 Å². The van der Waals surface area contributed by atoms with Crippen LogP contribution in [0.5, 0.6) is 0 Å². The van der Waals surface area contributed by atoms with Gasteiger partial charge < -0.3 is 4.57 Å². The maximum Gasteiger partial charge on any atom is 0.263 e. The van der Waals surface area contributed by atoms with Gasteiger partial charge in [0.25, 0.3) is 5.56 Å². The second-order valence-corrected chi connectivity index (χ2v) is 9.20. The van der Waals surface area contributed by atoms with Gasteiger partial charge >= 0.3 is 0 Å². The summed E-state index contributed by atoms with van der Waals surface area (Å²) in [6.07, 6.45) is 0. The Balaban J connectivity index is 1.55. The van der Waals surface area contributed by atoms with Crippen LogP contribution >= 0.6 is 11.8 Å². The third kappa shape index (κ3) is 3.74. The van der Waals surface area contributed by atoms with E-state index in [9.17, 15) is 9.59 Å². The van der Waals surface area contributed by atoms with Crippen molar-refractivity contribution in [3.63, 3.8) is 0 Å². The van der Waals surface area contributed by atoms with Gasteiger partial charge in [-0.15, -0.1) is 10.2 Å². The van der Waals surface area contributed by atoms with Gasteiger partial charge in [-0.1, -0.05) is 54.2 Å². The number of aromatic nitrogens is 5. The Hall–Kier alpha value is -3.65. The first-order chi connectivity index (χ1) is 16.5. The highest BCUT2D eigenvalue weighted by Crippen LogP contribution is 2.24. The molecular formula is C26H25N5O2S. The number of hydrogen-bond acceptors (Lipinski definition) is 5. The fourth-order valence-corrected chi connectivity index (χ4v) is 5.34. The minimum Gasteiger partial charge on any atom is -0.349 e. The number of aryl methyl sites for hydroxylation is 1. The first-order valence-electron chi connectivity index (χ1n) is 11.2. The van der Waals surface area contributed by atoms with Gasteiger partial charge in [-0.2, -0.15) is 0 Å². The summed E-state index contributed by atoms with van der Waals surface area (Å²) in [5, 5.41) is 9.92. The largest absolute Gasteiger partial charge is 0.349 e. The van der Waals surface area contributed by atoms with E-state index in [0.29, 0.717) is 22.9 Å². The van der Waals surface area contributed by atoms with E-state index >= 15 is 0 Å². The predicted octanol–water partition coefficient (Wildman–Crippen LogP) is 4.51. The Morgan fingerprint density at radius 2 is 1.71 bits per heavy atom. The highest BCUT2D eigenvalue weighted by molar-refractivity contribution is 7.99. The Bertz CT molecular complexity index is 1580. The highest BCUT2D eigenvalue weighted by atomic mass is 32.2. The van der Waals surface area contributed by atoms with Crippen LogP contribution in [-0.2, 0) is 13.1 Å². The summed E-state index contributed by atoms with van der Waals surface area (Å²) >= 11 is 1.34. The molecule has 3 heterocycles. The molecule has 2 aromatic carbocycles. The molecule has 0 aliphatic rings. The molecule has 0 fully saturated rings. The van der Waals surface area contributed by atoms with Crippen LogP contribution in [0.15, 0.2) is 70.6 Å². The van der Waals surface area contributed by atoms with Gasteiger partial charge in [0.05, 0.1) is 23.2 Å². The van der Waals surface area contributed by atoms with Crippen LogP contribution in [0.25, 0.3) is 16.7 Å². The molecule has 34 heavy (non-hydrogen) atoms. The minimum absolute atomic E-state index is 0.0523. The van der Waals surface area contributed by atoms with Crippen molar-refractivity contribution in [3.05, 3.63) is 93.5 Å². The zero-order valence-corrected chi connectivity index (χ0v) is 20.2. The molecule has 7 nitrogen and oxygen atoms in total. The highest BCUT2D eigenvalue weighted by Gasteiger charge is 2.20. The van der Waals surface area contributed by atoms with E-state index in [0.717, 1.165) is 34.6 Å². The lowest BCUT2D eigenvalue weighted by atomic mass is 10.2. The van der Waals surface area contributed by atoms with E-state index in [2.05, 4.69) is 21.7 Å². The first kappa shape index (κ1) is 22.2. The lowest BCUT2D eigenvalue weighted by Crippen LogP contribution is -2.24.